The monoisotopic (exact) mass is 420 g/mol. The Hall–Kier alpha value is -3.64. The van der Waals surface area contributed by atoms with Gasteiger partial charge < -0.3 is 27.5 Å². The van der Waals surface area contributed by atoms with Crippen molar-refractivity contribution < 1.29 is 0 Å². The first kappa shape index (κ1) is 27.4. The van der Waals surface area contributed by atoms with Crippen molar-refractivity contribution in [3.05, 3.63) is 96.1 Å². The minimum absolute atomic E-state index is 0.0597. The summed E-state index contributed by atoms with van der Waals surface area (Å²) >= 11 is 0. The van der Waals surface area contributed by atoms with Gasteiger partial charge >= 0.3 is 0 Å². The van der Waals surface area contributed by atoms with E-state index in [2.05, 4.69) is 29.5 Å². The summed E-state index contributed by atoms with van der Waals surface area (Å²) in [6.07, 6.45) is 5.13. The molecular weight excluding hydrogens is 384 g/mol. The molecule has 0 bridgehead atoms. The van der Waals surface area contributed by atoms with Gasteiger partial charge in [-0.15, -0.1) is 0 Å². The van der Waals surface area contributed by atoms with Crippen LogP contribution in [0.25, 0.3) is 0 Å². The van der Waals surface area contributed by atoms with Crippen molar-refractivity contribution >= 4 is 23.4 Å². The van der Waals surface area contributed by atoms with Gasteiger partial charge in [-0.1, -0.05) is 51.3 Å². The lowest BCUT2D eigenvalue weighted by Crippen LogP contribution is -2.11. The van der Waals surface area contributed by atoms with E-state index in [1.165, 1.54) is 13.3 Å². The van der Waals surface area contributed by atoms with Gasteiger partial charge in [0.2, 0.25) is 0 Å². The summed E-state index contributed by atoms with van der Waals surface area (Å²) in [5.41, 5.74) is 15.4. The van der Waals surface area contributed by atoms with E-state index >= 15 is 0 Å². The van der Waals surface area contributed by atoms with Crippen molar-refractivity contribution in [2.75, 3.05) is 30.8 Å². The average molecular weight is 421 g/mol. The van der Waals surface area contributed by atoms with Crippen molar-refractivity contribution in [3.8, 4) is 0 Å². The second-order valence-corrected chi connectivity index (χ2v) is 6.05. The van der Waals surface area contributed by atoms with Crippen molar-refractivity contribution in [3.63, 3.8) is 0 Å². The average Bonchev–Trinajstić information content (AvgIpc) is 2.83. The standard InChI is InChI=1S/C22H25N5.C2H6.CH5N/c1-3-17(15-27-21-10-6-19(7-11-21)22(24)25)12-16(2)14-26-20-8-4-18(13-23)5-9-20;2*1-2/h3-13,23,26-27H,1-2,14-15H2,(H3,24,25);1-2H3;2H2,1H3/b17-12+,23-13?;;. The summed E-state index contributed by atoms with van der Waals surface area (Å²) in [6.45, 7) is 13.2. The van der Waals surface area contributed by atoms with Crippen molar-refractivity contribution in [1.82, 2.24) is 0 Å². The number of nitrogens with one attached hydrogen (secondary N) is 4. The molecule has 0 radical (unpaired) electrons. The molecule has 0 heterocycles. The fourth-order valence-electron chi connectivity index (χ4n) is 2.38. The summed E-state index contributed by atoms with van der Waals surface area (Å²) in [5.74, 6) is 0.0597. The molecule has 0 fully saturated rings. The van der Waals surface area contributed by atoms with Gasteiger partial charge in [0, 0.05) is 36.2 Å². The molecule has 0 amide bonds. The molecule has 2 aromatic carbocycles. The van der Waals surface area contributed by atoms with Crippen molar-refractivity contribution in [1.29, 1.82) is 10.8 Å². The normalized spacial score (nSPS) is 9.74. The SMILES string of the molecule is C=C/C(=C\C(=C)CNc1ccc(C=N)cc1)CNc1ccc(C(=N)N)cc1.CC.CN. The van der Waals surface area contributed by atoms with E-state index in [9.17, 15) is 0 Å². The highest BCUT2D eigenvalue weighted by atomic mass is 14.9. The number of nitrogens with two attached hydrogens (primary N) is 2. The molecule has 6 nitrogen and oxygen atoms in total. The van der Waals surface area contributed by atoms with E-state index in [0.717, 1.165) is 28.1 Å². The first-order valence-electron chi connectivity index (χ1n) is 10.1. The Morgan fingerprint density at radius 2 is 1.42 bits per heavy atom. The van der Waals surface area contributed by atoms with Crippen LogP contribution in [-0.4, -0.2) is 32.2 Å². The minimum Gasteiger partial charge on any atom is -0.384 e. The molecule has 2 aromatic rings. The molecule has 0 atom stereocenters. The predicted molar refractivity (Wildman–Crippen MR) is 138 cm³/mol. The second-order valence-electron chi connectivity index (χ2n) is 6.05. The van der Waals surface area contributed by atoms with Gasteiger partial charge in [-0.2, -0.15) is 0 Å². The third-order valence-corrected chi connectivity index (χ3v) is 3.94. The summed E-state index contributed by atoms with van der Waals surface area (Å²) in [6, 6.07) is 15.1. The zero-order valence-electron chi connectivity index (χ0n) is 18.8. The molecule has 0 aliphatic heterocycles. The number of anilines is 2. The van der Waals surface area contributed by atoms with Crippen molar-refractivity contribution in [2.24, 2.45) is 11.5 Å². The third kappa shape index (κ3) is 10.6. The minimum atomic E-state index is 0.0597. The smallest absolute Gasteiger partial charge is 0.122 e. The maximum atomic E-state index is 7.41. The van der Waals surface area contributed by atoms with Gasteiger partial charge in [-0.3, -0.25) is 5.41 Å². The summed E-state index contributed by atoms with van der Waals surface area (Å²) in [7, 11) is 1.50. The Balaban J connectivity index is 0.00000212. The molecule has 0 saturated heterocycles. The van der Waals surface area contributed by atoms with Crippen LogP contribution in [0.1, 0.15) is 25.0 Å². The summed E-state index contributed by atoms with van der Waals surface area (Å²) < 4.78 is 0. The molecule has 0 saturated carbocycles. The van der Waals surface area contributed by atoms with E-state index in [-0.39, 0.29) is 5.84 Å². The van der Waals surface area contributed by atoms with Crippen LogP contribution in [0.3, 0.4) is 0 Å². The number of nitrogen functional groups attached to an aromatic ring is 1. The molecule has 0 aliphatic rings. The van der Waals surface area contributed by atoms with Crippen molar-refractivity contribution in [2.45, 2.75) is 13.8 Å². The van der Waals surface area contributed by atoms with Crippen LogP contribution >= 0.6 is 0 Å². The third-order valence-electron chi connectivity index (χ3n) is 3.94. The maximum Gasteiger partial charge on any atom is 0.122 e. The largest absolute Gasteiger partial charge is 0.384 e. The first-order chi connectivity index (χ1) is 15.0. The van der Waals surface area contributed by atoms with E-state index in [1.54, 1.807) is 6.08 Å². The summed E-state index contributed by atoms with van der Waals surface area (Å²) in [5, 5.41) is 21.3. The molecule has 6 heteroatoms. The number of hydrogen-bond acceptors (Lipinski definition) is 5. The van der Waals surface area contributed by atoms with Crippen LogP contribution in [0.2, 0.25) is 0 Å². The maximum absolute atomic E-state index is 7.41. The second kappa shape index (κ2) is 16.2. The zero-order valence-corrected chi connectivity index (χ0v) is 18.8. The predicted octanol–water partition coefficient (Wildman–Crippen LogP) is 4.76. The van der Waals surface area contributed by atoms with Gasteiger partial charge in [0.25, 0.3) is 0 Å². The van der Waals surface area contributed by atoms with Gasteiger partial charge in [-0.25, -0.2) is 0 Å². The quantitative estimate of drug-likeness (QED) is 0.188. The van der Waals surface area contributed by atoms with Crippen LogP contribution in [0.4, 0.5) is 11.4 Å². The van der Waals surface area contributed by atoms with Gasteiger partial charge in [0.05, 0.1) is 0 Å². The van der Waals surface area contributed by atoms with Crippen LogP contribution in [0.15, 0.2) is 85.0 Å². The fourth-order valence-corrected chi connectivity index (χ4v) is 2.38. The van der Waals surface area contributed by atoms with Crippen LogP contribution in [0, 0.1) is 10.8 Å². The van der Waals surface area contributed by atoms with Crippen LogP contribution < -0.4 is 22.1 Å². The van der Waals surface area contributed by atoms with Crippen LogP contribution in [-0.2, 0) is 0 Å². The van der Waals surface area contributed by atoms with E-state index in [4.69, 9.17) is 16.6 Å². The number of benzene rings is 2. The molecule has 2 rings (SSSR count). The molecule has 0 aromatic heterocycles. The molecule has 31 heavy (non-hydrogen) atoms. The van der Waals surface area contributed by atoms with E-state index < -0.39 is 0 Å². The van der Waals surface area contributed by atoms with E-state index in [0.29, 0.717) is 18.7 Å². The highest BCUT2D eigenvalue weighted by molar-refractivity contribution is 5.95. The highest BCUT2D eigenvalue weighted by Crippen LogP contribution is 2.12. The molecule has 8 N–H and O–H groups in total. The number of hydrogen-bond donors (Lipinski definition) is 6. The van der Waals surface area contributed by atoms with Gasteiger partial charge in [0.1, 0.15) is 5.84 Å². The zero-order chi connectivity index (χ0) is 23.6. The van der Waals surface area contributed by atoms with Gasteiger partial charge in [-0.05, 0) is 60.2 Å². The number of rotatable bonds is 10. The Morgan fingerprint density at radius 3 is 1.87 bits per heavy atom. The van der Waals surface area contributed by atoms with Gasteiger partial charge in [0.15, 0.2) is 0 Å². The Kier molecular flexibility index (Phi) is 14.3. The van der Waals surface area contributed by atoms with Crippen LogP contribution in [0.5, 0.6) is 0 Å². The molecule has 0 spiro atoms. The lowest BCUT2D eigenvalue weighted by atomic mass is 10.1. The lowest BCUT2D eigenvalue weighted by molar-refractivity contribution is 1.22. The number of amidine groups is 1. The Morgan fingerprint density at radius 1 is 0.935 bits per heavy atom. The topological polar surface area (TPSA) is 124 Å². The molecule has 166 valence electrons. The highest BCUT2D eigenvalue weighted by Gasteiger charge is 1.99. The first-order valence-corrected chi connectivity index (χ1v) is 10.1. The van der Waals surface area contributed by atoms with E-state index in [1.807, 2.05) is 68.5 Å². The summed E-state index contributed by atoms with van der Waals surface area (Å²) in [4.78, 5) is 0. The molecular formula is C25H36N6. The molecule has 0 unspecified atom stereocenters. The lowest BCUT2D eigenvalue weighted by Gasteiger charge is -2.10. The Bertz CT molecular complexity index is 849. The fraction of sp³-hybridized carbons (Fsp3) is 0.200. The molecule has 0 aliphatic carbocycles. The Labute approximate surface area is 186 Å².